The number of ether oxygens (including phenoxy) is 2. The first kappa shape index (κ1) is 13.2. The summed E-state index contributed by atoms with van der Waals surface area (Å²) in [6.45, 7) is 4.01. The number of hydrogen-bond acceptors (Lipinski definition) is 4. The van der Waals surface area contributed by atoms with Gasteiger partial charge >= 0.3 is 0 Å². The highest BCUT2D eigenvalue weighted by Gasteiger charge is 2.04. The van der Waals surface area contributed by atoms with Crippen LogP contribution < -0.4 is 5.32 Å². The molecule has 0 aromatic heterocycles. The minimum Gasteiger partial charge on any atom is -0.355 e. The Labute approximate surface area is 85.6 Å². The van der Waals surface area contributed by atoms with Crippen molar-refractivity contribution in [2.45, 2.75) is 24.9 Å². The van der Waals surface area contributed by atoms with Gasteiger partial charge in [0, 0.05) is 26.0 Å². The molecule has 0 fully saturated rings. The summed E-state index contributed by atoms with van der Waals surface area (Å²) in [6, 6.07) is 0. The van der Waals surface area contributed by atoms with Crippen LogP contribution >= 0.6 is 11.8 Å². The minimum atomic E-state index is -0.121. The van der Waals surface area contributed by atoms with Crippen LogP contribution in [-0.4, -0.2) is 45.1 Å². The molecule has 0 aliphatic rings. The third-order valence-electron chi connectivity index (χ3n) is 1.97. The number of nitrogens with one attached hydrogen (secondary N) is 1. The highest BCUT2D eigenvalue weighted by Crippen LogP contribution is 2.07. The van der Waals surface area contributed by atoms with Crippen LogP contribution in [0.3, 0.4) is 0 Å². The van der Waals surface area contributed by atoms with Crippen molar-refractivity contribution in [3.05, 3.63) is 0 Å². The van der Waals surface area contributed by atoms with Gasteiger partial charge in [-0.05, 0) is 19.2 Å². The molecule has 0 saturated heterocycles. The predicted molar refractivity (Wildman–Crippen MR) is 58.3 cm³/mol. The molecule has 1 atom stereocenters. The second-order valence-corrected chi connectivity index (χ2v) is 4.22. The fourth-order valence-corrected chi connectivity index (χ4v) is 1.26. The van der Waals surface area contributed by atoms with Crippen LogP contribution in [0, 0.1) is 0 Å². The average molecular weight is 207 g/mol. The Morgan fingerprint density at radius 1 is 1.31 bits per heavy atom. The van der Waals surface area contributed by atoms with Crippen LogP contribution in [0.2, 0.25) is 0 Å². The molecule has 3 nitrogen and oxygen atoms in total. The number of rotatable bonds is 8. The lowest BCUT2D eigenvalue weighted by atomic mass is 10.3. The molecule has 0 amide bonds. The third-order valence-corrected chi connectivity index (χ3v) is 3.01. The second-order valence-electron chi connectivity index (χ2n) is 2.94. The monoisotopic (exact) mass is 207 g/mol. The van der Waals surface area contributed by atoms with Crippen LogP contribution in [0.15, 0.2) is 0 Å². The van der Waals surface area contributed by atoms with E-state index >= 15 is 0 Å². The molecule has 0 aromatic carbocycles. The zero-order valence-electron chi connectivity index (χ0n) is 9.00. The molecular weight excluding hydrogens is 186 g/mol. The summed E-state index contributed by atoms with van der Waals surface area (Å²) in [5, 5.41) is 4.01. The minimum absolute atomic E-state index is 0.121. The molecule has 80 valence electrons. The highest BCUT2D eigenvalue weighted by molar-refractivity contribution is 7.99. The summed E-state index contributed by atoms with van der Waals surface area (Å²) in [5.41, 5.74) is 0. The largest absolute Gasteiger partial charge is 0.355 e. The van der Waals surface area contributed by atoms with Crippen molar-refractivity contribution in [3.8, 4) is 0 Å². The van der Waals surface area contributed by atoms with Gasteiger partial charge in [0.2, 0.25) is 0 Å². The normalized spacial score (nSPS) is 13.6. The summed E-state index contributed by atoms with van der Waals surface area (Å²) in [7, 11) is 3.31. The first-order chi connectivity index (χ1) is 6.24. The lowest BCUT2D eigenvalue weighted by Gasteiger charge is -2.14. The first-order valence-electron chi connectivity index (χ1n) is 4.53. The molecule has 0 heterocycles. The van der Waals surface area contributed by atoms with Crippen LogP contribution in [0.1, 0.15) is 13.3 Å². The van der Waals surface area contributed by atoms with Crippen molar-refractivity contribution >= 4 is 11.8 Å². The summed E-state index contributed by atoms with van der Waals surface area (Å²) in [4.78, 5) is 0. The van der Waals surface area contributed by atoms with Crippen LogP contribution in [0.4, 0.5) is 0 Å². The molecule has 0 radical (unpaired) electrons. The van der Waals surface area contributed by atoms with E-state index in [4.69, 9.17) is 9.47 Å². The maximum atomic E-state index is 5.04. The highest BCUT2D eigenvalue weighted by atomic mass is 32.2. The maximum Gasteiger partial charge on any atom is 0.169 e. The van der Waals surface area contributed by atoms with E-state index < -0.39 is 0 Å². The summed E-state index contributed by atoms with van der Waals surface area (Å²) in [5.74, 6) is 0. The zero-order chi connectivity index (χ0) is 10.1. The number of thioether (sulfide) groups is 1. The van der Waals surface area contributed by atoms with E-state index in [9.17, 15) is 0 Å². The van der Waals surface area contributed by atoms with Crippen molar-refractivity contribution in [2.24, 2.45) is 0 Å². The SMILES string of the molecule is COC(CNCCC(C)SC)OC. The van der Waals surface area contributed by atoms with Gasteiger partial charge < -0.3 is 14.8 Å². The molecule has 1 N–H and O–H groups in total. The predicted octanol–water partition coefficient (Wildman–Crippen LogP) is 1.34. The van der Waals surface area contributed by atoms with Crippen LogP contribution in [0.25, 0.3) is 0 Å². The molecule has 0 bridgehead atoms. The van der Waals surface area contributed by atoms with E-state index in [1.165, 1.54) is 6.42 Å². The first-order valence-corrected chi connectivity index (χ1v) is 5.82. The van der Waals surface area contributed by atoms with Gasteiger partial charge in [-0.25, -0.2) is 0 Å². The van der Waals surface area contributed by atoms with Gasteiger partial charge in [0.1, 0.15) is 0 Å². The number of methoxy groups -OCH3 is 2. The fourth-order valence-electron chi connectivity index (χ4n) is 0.906. The summed E-state index contributed by atoms with van der Waals surface area (Å²) < 4.78 is 10.1. The smallest absolute Gasteiger partial charge is 0.169 e. The van der Waals surface area contributed by atoms with Crippen LogP contribution in [-0.2, 0) is 9.47 Å². The lowest BCUT2D eigenvalue weighted by Crippen LogP contribution is -2.31. The van der Waals surface area contributed by atoms with Gasteiger partial charge in [-0.3, -0.25) is 0 Å². The van der Waals surface area contributed by atoms with E-state index in [-0.39, 0.29) is 6.29 Å². The molecule has 0 aliphatic carbocycles. The second kappa shape index (κ2) is 8.81. The van der Waals surface area contributed by atoms with Gasteiger partial charge in [-0.2, -0.15) is 11.8 Å². The van der Waals surface area contributed by atoms with Crippen molar-refractivity contribution in [1.29, 1.82) is 0 Å². The third kappa shape index (κ3) is 7.31. The molecule has 0 spiro atoms. The van der Waals surface area contributed by atoms with Crippen molar-refractivity contribution in [2.75, 3.05) is 33.6 Å². The van der Waals surface area contributed by atoms with Gasteiger partial charge in [-0.15, -0.1) is 0 Å². The Hall–Kier alpha value is 0.230. The molecular formula is C9H21NO2S. The van der Waals surface area contributed by atoms with E-state index in [2.05, 4.69) is 18.5 Å². The van der Waals surface area contributed by atoms with Gasteiger partial charge in [0.15, 0.2) is 6.29 Å². The van der Waals surface area contributed by atoms with Crippen molar-refractivity contribution in [1.82, 2.24) is 5.32 Å². The van der Waals surface area contributed by atoms with Crippen LogP contribution in [0.5, 0.6) is 0 Å². The molecule has 13 heavy (non-hydrogen) atoms. The molecule has 4 heteroatoms. The lowest BCUT2D eigenvalue weighted by molar-refractivity contribution is -0.0986. The molecule has 0 aromatic rings. The molecule has 0 aliphatic heterocycles. The van der Waals surface area contributed by atoms with Gasteiger partial charge in [0.25, 0.3) is 0 Å². The quantitative estimate of drug-likeness (QED) is 0.480. The Kier molecular flexibility index (Phi) is 8.97. The Balaban J connectivity index is 3.23. The maximum absolute atomic E-state index is 5.04. The average Bonchev–Trinajstić information content (AvgIpc) is 2.18. The Morgan fingerprint density at radius 3 is 2.38 bits per heavy atom. The molecule has 0 rings (SSSR count). The van der Waals surface area contributed by atoms with E-state index in [1.54, 1.807) is 14.2 Å². The van der Waals surface area contributed by atoms with Gasteiger partial charge in [-0.1, -0.05) is 6.92 Å². The number of hydrogen-bond donors (Lipinski definition) is 1. The topological polar surface area (TPSA) is 30.5 Å². The van der Waals surface area contributed by atoms with Crippen molar-refractivity contribution in [3.63, 3.8) is 0 Å². The Morgan fingerprint density at radius 2 is 1.92 bits per heavy atom. The zero-order valence-corrected chi connectivity index (χ0v) is 9.82. The standard InChI is InChI=1S/C9H21NO2S/c1-8(13-4)5-6-10-7-9(11-2)12-3/h8-10H,5-7H2,1-4H3. The summed E-state index contributed by atoms with van der Waals surface area (Å²) >= 11 is 1.89. The van der Waals surface area contributed by atoms with Gasteiger partial charge in [0.05, 0.1) is 0 Å². The Bertz CT molecular complexity index is 110. The van der Waals surface area contributed by atoms with Crippen molar-refractivity contribution < 1.29 is 9.47 Å². The fraction of sp³-hybridized carbons (Fsp3) is 1.00. The molecule has 1 unspecified atom stereocenters. The van der Waals surface area contributed by atoms with E-state index in [0.29, 0.717) is 0 Å². The van der Waals surface area contributed by atoms with E-state index in [0.717, 1.165) is 18.3 Å². The van der Waals surface area contributed by atoms with E-state index in [1.807, 2.05) is 11.8 Å². The summed E-state index contributed by atoms with van der Waals surface area (Å²) in [6.07, 6.45) is 3.20. The molecule has 0 saturated carbocycles.